The SMILES string of the molecule is Nc1ccnnc1.O=c1c2cc(Cc3ccnnc3)ccc2ncn1CC(O)CN1CCc2ccccc2C1. The Balaban J connectivity index is 0.000000384. The molecule has 4 heterocycles. The molecule has 1 atom stereocenters. The topological polar surface area (TPSA) is 136 Å². The lowest BCUT2D eigenvalue weighted by Crippen LogP contribution is -2.39. The summed E-state index contributed by atoms with van der Waals surface area (Å²) in [5.41, 5.74) is 11.2. The lowest BCUT2D eigenvalue weighted by atomic mass is 10.00. The summed E-state index contributed by atoms with van der Waals surface area (Å²) in [6.07, 6.45) is 8.97. The molecule has 39 heavy (non-hydrogen) atoms. The van der Waals surface area contributed by atoms with E-state index in [-0.39, 0.29) is 12.1 Å². The third-order valence-corrected chi connectivity index (χ3v) is 6.64. The second-order valence-corrected chi connectivity index (χ2v) is 9.56. The first kappa shape index (κ1) is 26.1. The molecule has 0 spiro atoms. The van der Waals surface area contributed by atoms with E-state index in [1.54, 1.807) is 24.7 Å². The molecule has 6 rings (SSSR count). The lowest BCUT2D eigenvalue weighted by Gasteiger charge is -2.30. The Hall–Kier alpha value is -4.54. The van der Waals surface area contributed by atoms with Crippen LogP contribution in [0.4, 0.5) is 5.69 Å². The van der Waals surface area contributed by atoms with Gasteiger partial charge in [0.1, 0.15) is 0 Å². The molecule has 5 aromatic rings. The molecule has 0 aliphatic carbocycles. The average molecular weight is 523 g/mol. The molecule has 10 nitrogen and oxygen atoms in total. The molecule has 1 aliphatic rings. The van der Waals surface area contributed by atoms with Crippen LogP contribution in [0.2, 0.25) is 0 Å². The van der Waals surface area contributed by atoms with Gasteiger partial charge in [0.15, 0.2) is 0 Å². The van der Waals surface area contributed by atoms with Crippen LogP contribution in [0.15, 0.2) is 90.5 Å². The van der Waals surface area contributed by atoms with Gasteiger partial charge in [0.25, 0.3) is 5.56 Å². The number of hydrogen-bond donors (Lipinski definition) is 2. The number of aromatic nitrogens is 6. The first-order chi connectivity index (χ1) is 19.0. The number of β-amino-alcohol motifs (C(OH)–C–C–N with tert-alkyl or cyclic N) is 1. The molecule has 3 aromatic heterocycles. The van der Waals surface area contributed by atoms with Crippen LogP contribution in [-0.4, -0.2) is 59.1 Å². The quantitative estimate of drug-likeness (QED) is 0.344. The van der Waals surface area contributed by atoms with Crippen LogP contribution >= 0.6 is 0 Å². The number of aliphatic hydroxyl groups excluding tert-OH is 1. The van der Waals surface area contributed by atoms with Gasteiger partial charge in [0.05, 0.1) is 54.2 Å². The van der Waals surface area contributed by atoms with Gasteiger partial charge in [-0.05, 0) is 59.4 Å². The van der Waals surface area contributed by atoms with Crippen LogP contribution in [0.25, 0.3) is 10.9 Å². The Bertz CT molecular complexity index is 1580. The highest BCUT2D eigenvalue weighted by Gasteiger charge is 2.19. The monoisotopic (exact) mass is 522 g/mol. The Kier molecular flexibility index (Phi) is 8.25. The van der Waals surface area contributed by atoms with Crippen LogP contribution in [0.1, 0.15) is 22.3 Å². The molecule has 0 saturated carbocycles. The molecular formula is C29H30N8O2. The van der Waals surface area contributed by atoms with Crippen LogP contribution in [-0.2, 0) is 25.9 Å². The average Bonchev–Trinajstić information content (AvgIpc) is 2.96. The third-order valence-electron chi connectivity index (χ3n) is 6.64. The van der Waals surface area contributed by atoms with Gasteiger partial charge >= 0.3 is 0 Å². The molecule has 2 aromatic carbocycles. The highest BCUT2D eigenvalue weighted by Crippen LogP contribution is 2.19. The molecule has 3 N–H and O–H groups in total. The molecule has 0 amide bonds. The van der Waals surface area contributed by atoms with Crippen LogP contribution < -0.4 is 11.3 Å². The van der Waals surface area contributed by atoms with E-state index < -0.39 is 6.10 Å². The van der Waals surface area contributed by atoms with Gasteiger partial charge in [-0.3, -0.25) is 14.3 Å². The fourth-order valence-electron chi connectivity index (χ4n) is 4.70. The van der Waals surface area contributed by atoms with E-state index in [0.29, 0.717) is 29.6 Å². The Morgan fingerprint density at radius 3 is 2.41 bits per heavy atom. The molecule has 0 radical (unpaired) electrons. The number of nitrogen functional groups attached to an aromatic ring is 1. The highest BCUT2D eigenvalue weighted by molar-refractivity contribution is 5.78. The maximum atomic E-state index is 13.1. The number of nitrogens with zero attached hydrogens (tertiary/aromatic N) is 7. The van der Waals surface area contributed by atoms with Gasteiger partial charge in [-0.2, -0.15) is 20.4 Å². The number of rotatable bonds is 6. The van der Waals surface area contributed by atoms with E-state index in [4.69, 9.17) is 5.73 Å². The first-order valence-electron chi connectivity index (χ1n) is 12.8. The largest absolute Gasteiger partial charge is 0.397 e. The number of anilines is 1. The minimum absolute atomic E-state index is 0.132. The molecule has 0 saturated heterocycles. The number of hydrogen-bond acceptors (Lipinski definition) is 9. The van der Waals surface area contributed by atoms with Crippen molar-refractivity contribution in [3.8, 4) is 0 Å². The van der Waals surface area contributed by atoms with Gasteiger partial charge in [-0.1, -0.05) is 30.3 Å². The normalized spacial score (nSPS) is 13.8. The fraction of sp³-hybridized carbons (Fsp3) is 0.241. The second-order valence-electron chi connectivity index (χ2n) is 9.56. The van der Waals surface area contributed by atoms with E-state index in [2.05, 4.69) is 54.5 Å². The number of benzene rings is 2. The van der Waals surface area contributed by atoms with Crippen LogP contribution in [0.5, 0.6) is 0 Å². The second kappa shape index (κ2) is 12.3. The zero-order chi connectivity index (χ0) is 27.0. The fourth-order valence-corrected chi connectivity index (χ4v) is 4.70. The van der Waals surface area contributed by atoms with Crippen molar-refractivity contribution in [1.82, 2.24) is 34.8 Å². The summed E-state index contributed by atoms with van der Waals surface area (Å²) < 4.78 is 1.52. The number of nitrogens with two attached hydrogens (primary N) is 1. The smallest absolute Gasteiger partial charge is 0.261 e. The minimum atomic E-state index is -0.650. The molecule has 10 heteroatoms. The Morgan fingerprint density at radius 1 is 0.897 bits per heavy atom. The van der Waals surface area contributed by atoms with Crippen molar-refractivity contribution < 1.29 is 5.11 Å². The summed E-state index contributed by atoms with van der Waals surface area (Å²) in [6.45, 7) is 2.48. The minimum Gasteiger partial charge on any atom is -0.397 e. The maximum Gasteiger partial charge on any atom is 0.261 e. The predicted octanol–water partition coefficient (Wildman–Crippen LogP) is 2.26. The molecule has 1 unspecified atom stereocenters. The molecule has 0 bridgehead atoms. The van der Waals surface area contributed by atoms with Gasteiger partial charge < -0.3 is 10.8 Å². The van der Waals surface area contributed by atoms with Gasteiger partial charge in [0, 0.05) is 25.8 Å². The molecular weight excluding hydrogens is 492 g/mol. The van der Waals surface area contributed by atoms with Crippen LogP contribution in [0, 0.1) is 0 Å². The van der Waals surface area contributed by atoms with Crippen molar-refractivity contribution in [3.05, 3.63) is 118 Å². The van der Waals surface area contributed by atoms with E-state index in [1.807, 2.05) is 24.3 Å². The van der Waals surface area contributed by atoms with Crippen molar-refractivity contribution in [3.63, 3.8) is 0 Å². The number of aliphatic hydroxyl groups is 1. The maximum absolute atomic E-state index is 13.1. The third kappa shape index (κ3) is 6.86. The molecule has 1 aliphatic heterocycles. The van der Waals surface area contributed by atoms with E-state index >= 15 is 0 Å². The van der Waals surface area contributed by atoms with E-state index in [0.717, 1.165) is 30.6 Å². The van der Waals surface area contributed by atoms with E-state index in [1.165, 1.54) is 28.2 Å². The summed E-state index contributed by atoms with van der Waals surface area (Å²) in [7, 11) is 0. The summed E-state index contributed by atoms with van der Waals surface area (Å²) in [5, 5.41) is 26.0. The van der Waals surface area contributed by atoms with Gasteiger partial charge in [-0.25, -0.2) is 4.98 Å². The zero-order valence-corrected chi connectivity index (χ0v) is 21.5. The van der Waals surface area contributed by atoms with Crippen molar-refractivity contribution >= 4 is 16.6 Å². The van der Waals surface area contributed by atoms with Crippen molar-refractivity contribution in [1.29, 1.82) is 0 Å². The predicted molar refractivity (Wildman–Crippen MR) is 149 cm³/mol. The molecule has 0 fully saturated rings. The van der Waals surface area contributed by atoms with Crippen molar-refractivity contribution in [2.24, 2.45) is 0 Å². The summed E-state index contributed by atoms with van der Waals surface area (Å²) in [6, 6.07) is 17.8. The van der Waals surface area contributed by atoms with Crippen LogP contribution in [0.3, 0.4) is 0 Å². The lowest BCUT2D eigenvalue weighted by molar-refractivity contribution is 0.0908. The van der Waals surface area contributed by atoms with Gasteiger partial charge in [0.2, 0.25) is 0 Å². The molecule has 198 valence electrons. The van der Waals surface area contributed by atoms with Crippen molar-refractivity contribution in [2.75, 3.05) is 18.8 Å². The zero-order valence-electron chi connectivity index (χ0n) is 21.5. The summed E-state index contributed by atoms with van der Waals surface area (Å²) in [4.78, 5) is 19.8. The standard InChI is InChI=1S/C25H25N5O2.C4H5N3/c31-22(15-29-10-8-20-3-1-2-4-21(20)14-29)16-30-17-26-24-6-5-18(12-23(24)25(30)32)11-19-7-9-27-28-13-19;5-4-1-2-6-7-3-4/h1-7,9,12-13,17,22,31H,8,10-11,14-16H2;1-3H,(H2,5,6). The first-order valence-corrected chi connectivity index (χ1v) is 12.8. The Morgan fingerprint density at radius 2 is 1.69 bits per heavy atom. The highest BCUT2D eigenvalue weighted by atomic mass is 16.3. The van der Waals surface area contributed by atoms with Crippen molar-refractivity contribution in [2.45, 2.75) is 32.0 Å². The summed E-state index contributed by atoms with van der Waals surface area (Å²) >= 11 is 0. The number of fused-ring (bicyclic) bond motifs is 2. The summed E-state index contributed by atoms with van der Waals surface area (Å²) in [5.74, 6) is 0. The van der Waals surface area contributed by atoms with E-state index in [9.17, 15) is 9.90 Å². The van der Waals surface area contributed by atoms with Gasteiger partial charge in [-0.15, -0.1) is 0 Å². The Labute approximate surface area is 225 Å².